The number of aryl methyl sites for hydroxylation is 1. The van der Waals surface area contributed by atoms with E-state index in [-0.39, 0.29) is 22.4 Å². The summed E-state index contributed by atoms with van der Waals surface area (Å²) in [5.41, 5.74) is 0.693. The molecule has 0 saturated carbocycles. The fraction of sp³-hybridized carbons (Fsp3) is 0.200. The van der Waals surface area contributed by atoms with E-state index in [2.05, 4.69) is 25.3 Å². The van der Waals surface area contributed by atoms with Crippen LogP contribution in [0.5, 0.6) is 5.88 Å². The fourth-order valence-corrected chi connectivity index (χ4v) is 2.87. The van der Waals surface area contributed by atoms with Crippen LogP contribution in [0.3, 0.4) is 0 Å². The predicted molar refractivity (Wildman–Crippen MR) is 95.1 cm³/mol. The maximum atomic E-state index is 12.3. The van der Waals surface area contributed by atoms with Crippen LogP contribution in [0.4, 0.5) is 21.2 Å². The molecule has 3 N–H and O–H groups in total. The molecule has 3 amide bonds. The number of nitrogens with zero attached hydrogens (tertiary/aromatic N) is 2. The molecule has 0 radical (unpaired) electrons. The molecular formula is C15H17N5O6S. The monoisotopic (exact) mass is 395 g/mol. The number of amides is 3. The lowest BCUT2D eigenvalue weighted by atomic mass is 10.3. The minimum Gasteiger partial charge on any atom is -0.481 e. The van der Waals surface area contributed by atoms with Crippen LogP contribution in [0.15, 0.2) is 35.2 Å². The van der Waals surface area contributed by atoms with Crippen molar-refractivity contribution in [1.29, 1.82) is 0 Å². The maximum absolute atomic E-state index is 12.3. The number of methoxy groups -OCH3 is 2. The van der Waals surface area contributed by atoms with Crippen LogP contribution in [-0.2, 0) is 14.8 Å². The van der Waals surface area contributed by atoms with Crippen molar-refractivity contribution >= 4 is 33.8 Å². The molecule has 0 aliphatic rings. The third-order valence-electron chi connectivity index (χ3n) is 3.07. The number of hydrogen-bond acceptors (Lipinski definition) is 8. The first-order valence-corrected chi connectivity index (χ1v) is 8.90. The Morgan fingerprint density at radius 3 is 2.48 bits per heavy atom. The average molecular weight is 395 g/mol. The summed E-state index contributed by atoms with van der Waals surface area (Å²) < 4.78 is 35.9. The SMILES string of the molecule is COC(=O)Nc1cccc(S(=O)(=O)NC(=O)Nc2nc(C)cc(OC)n2)c1. The molecule has 2 rings (SSSR count). The van der Waals surface area contributed by atoms with Gasteiger partial charge in [0.25, 0.3) is 10.0 Å². The highest BCUT2D eigenvalue weighted by Gasteiger charge is 2.19. The van der Waals surface area contributed by atoms with Crippen molar-refractivity contribution in [2.75, 3.05) is 24.9 Å². The van der Waals surface area contributed by atoms with E-state index in [1.165, 1.54) is 38.5 Å². The molecular weight excluding hydrogens is 378 g/mol. The minimum absolute atomic E-state index is 0.124. The number of ether oxygens (including phenoxy) is 2. The van der Waals surface area contributed by atoms with E-state index >= 15 is 0 Å². The topological polar surface area (TPSA) is 149 Å². The first-order valence-electron chi connectivity index (χ1n) is 7.42. The number of rotatable bonds is 5. The molecule has 0 atom stereocenters. The number of nitrogens with one attached hydrogen (secondary N) is 3. The van der Waals surface area contributed by atoms with Crippen LogP contribution in [0, 0.1) is 6.92 Å². The number of carbonyl (C=O) groups excluding carboxylic acids is 2. The van der Waals surface area contributed by atoms with Crippen LogP contribution < -0.4 is 20.1 Å². The Labute approximate surface area is 155 Å². The van der Waals surface area contributed by atoms with E-state index < -0.39 is 22.1 Å². The molecule has 0 spiro atoms. The van der Waals surface area contributed by atoms with Gasteiger partial charge in [-0.15, -0.1) is 0 Å². The Morgan fingerprint density at radius 2 is 1.81 bits per heavy atom. The third-order valence-corrected chi connectivity index (χ3v) is 4.40. The van der Waals surface area contributed by atoms with E-state index in [0.717, 1.165) is 0 Å². The maximum Gasteiger partial charge on any atom is 0.411 e. The second-order valence-electron chi connectivity index (χ2n) is 5.08. The molecule has 27 heavy (non-hydrogen) atoms. The summed E-state index contributed by atoms with van der Waals surface area (Å²) in [5.74, 6) is 0.0860. The Hall–Kier alpha value is -3.41. The molecule has 12 heteroatoms. The number of carbonyl (C=O) groups is 2. The first-order chi connectivity index (χ1) is 12.7. The molecule has 11 nitrogen and oxygen atoms in total. The van der Waals surface area contributed by atoms with Crippen molar-refractivity contribution in [3.05, 3.63) is 36.0 Å². The molecule has 0 saturated heterocycles. The van der Waals surface area contributed by atoms with Gasteiger partial charge in [0, 0.05) is 17.4 Å². The minimum atomic E-state index is -4.21. The summed E-state index contributed by atoms with van der Waals surface area (Å²) in [6, 6.07) is 5.76. The number of anilines is 2. The van der Waals surface area contributed by atoms with Crippen molar-refractivity contribution in [3.63, 3.8) is 0 Å². The molecule has 0 aliphatic heterocycles. The van der Waals surface area contributed by atoms with Crippen LogP contribution in [0.2, 0.25) is 0 Å². The standard InChI is InChI=1S/C15H17N5O6S/c1-9-7-12(25-2)18-13(16-9)19-14(21)20-27(23,24)11-6-4-5-10(8-11)17-15(22)26-3/h4-8H,1-3H3,(H,17,22)(H2,16,18,19,20,21). The zero-order valence-electron chi connectivity index (χ0n) is 14.6. The summed E-state index contributed by atoms with van der Waals surface area (Å²) in [6.07, 6.45) is -0.763. The highest BCUT2D eigenvalue weighted by atomic mass is 32.2. The first kappa shape index (κ1) is 19.9. The van der Waals surface area contributed by atoms with E-state index in [1.54, 1.807) is 13.0 Å². The molecule has 2 aromatic rings. The lowest BCUT2D eigenvalue weighted by molar-refractivity contribution is 0.187. The van der Waals surface area contributed by atoms with Gasteiger partial charge in [0.05, 0.1) is 19.1 Å². The molecule has 0 unspecified atom stereocenters. The Kier molecular flexibility index (Phi) is 6.13. The third kappa shape index (κ3) is 5.54. The summed E-state index contributed by atoms with van der Waals surface area (Å²) in [7, 11) is -1.65. The zero-order valence-corrected chi connectivity index (χ0v) is 15.5. The number of hydrogen-bond donors (Lipinski definition) is 3. The van der Waals surface area contributed by atoms with Gasteiger partial charge in [-0.05, 0) is 25.1 Å². The number of sulfonamides is 1. The Balaban J connectivity index is 2.14. The molecule has 0 bridgehead atoms. The van der Waals surface area contributed by atoms with Crippen LogP contribution in [0.25, 0.3) is 0 Å². The summed E-state index contributed by atoms with van der Waals surface area (Å²) in [6.45, 7) is 1.66. The summed E-state index contributed by atoms with van der Waals surface area (Å²) in [4.78, 5) is 30.8. The van der Waals surface area contributed by atoms with Gasteiger partial charge in [-0.3, -0.25) is 10.6 Å². The van der Waals surface area contributed by atoms with Gasteiger partial charge >= 0.3 is 12.1 Å². The second kappa shape index (κ2) is 8.31. The average Bonchev–Trinajstić information content (AvgIpc) is 2.60. The predicted octanol–water partition coefficient (Wildman–Crippen LogP) is 1.48. The van der Waals surface area contributed by atoms with E-state index in [4.69, 9.17) is 4.74 Å². The van der Waals surface area contributed by atoms with Crippen molar-refractivity contribution < 1.29 is 27.5 Å². The zero-order chi connectivity index (χ0) is 20.0. The smallest absolute Gasteiger partial charge is 0.411 e. The van der Waals surface area contributed by atoms with E-state index in [0.29, 0.717) is 5.69 Å². The fourth-order valence-electron chi connectivity index (χ4n) is 1.92. The lowest BCUT2D eigenvalue weighted by Gasteiger charge is -2.10. The van der Waals surface area contributed by atoms with Gasteiger partial charge in [-0.2, -0.15) is 4.98 Å². The van der Waals surface area contributed by atoms with E-state index in [1.807, 2.05) is 4.72 Å². The van der Waals surface area contributed by atoms with Crippen molar-refractivity contribution in [2.45, 2.75) is 11.8 Å². The van der Waals surface area contributed by atoms with Crippen molar-refractivity contribution in [1.82, 2.24) is 14.7 Å². The van der Waals surface area contributed by atoms with Gasteiger partial charge in [-0.25, -0.2) is 27.7 Å². The Bertz CT molecular complexity index is 963. The van der Waals surface area contributed by atoms with Crippen LogP contribution in [-0.4, -0.2) is 44.7 Å². The molecule has 1 heterocycles. The normalized spacial score (nSPS) is 10.6. The quantitative estimate of drug-likeness (QED) is 0.689. The molecule has 0 aliphatic carbocycles. The number of benzene rings is 1. The summed E-state index contributed by atoms with van der Waals surface area (Å²) in [5, 5.41) is 4.55. The molecule has 144 valence electrons. The summed E-state index contributed by atoms with van der Waals surface area (Å²) >= 11 is 0. The van der Waals surface area contributed by atoms with Gasteiger partial charge in [0.2, 0.25) is 11.8 Å². The van der Waals surface area contributed by atoms with Gasteiger partial charge < -0.3 is 9.47 Å². The van der Waals surface area contributed by atoms with Crippen LogP contribution >= 0.6 is 0 Å². The Morgan fingerprint density at radius 1 is 1.07 bits per heavy atom. The lowest BCUT2D eigenvalue weighted by Crippen LogP contribution is -2.35. The number of urea groups is 1. The van der Waals surface area contributed by atoms with Crippen LogP contribution in [0.1, 0.15) is 5.69 Å². The largest absolute Gasteiger partial charge is 0.481 e. The van der Waals surface area contributed by atoms with E-state index in [9.17, 15) is 18.0 Å². The van der Waals surface area contributed by atoms with Gasteiger partial charge in [0.15, 0.2) is 0 Å². The van der Waals surface area contributed by atoms with Gasteiger partial charge in [0.1, 0.15) is 0 Å². The van der Waals surface area contributed by atoms with Crippen molar-refractivity contribution in [2.24, 2.45) is 0 Å². The highest BCUT2D eigenvalue weighted by Crippen LogP contribution is 2.16. The molecule has 1 aromatic heterocycles. The molecule has 0 fully saturated rings. The number of aromatic nitrogens is 2. The van der Waals surface area contributed by atoms with Crippen molar-refractivity contribution in [3.8, 4) is 5.88 Å². The molecule has 1 aromatic carbocycles. The second-order valence-corrected chi connectivity index (χ2v) is 6.76. The van der Waals surface area contributed by atoms with Gasteiger partial charge in [-0.1, -0.05) is 6.07 Å². The highest BCUT2D eigenvalue weighted by molar-refractivity contribution is 7.90.